The predicted molar refractivity (Wildman–Crippen MR) is 428 cm³/mol. The van der Waals surface area contributed by atoms with E-state index in [1.807, 2.05) is 138 Å². The molecule has 0 spiro atoms. The van der Waals surface area contributed by atoms with Crippen molar-refractivity contribution in [3.05, 3.63) is 75.9 Å². The fraction of sp³-hybridized carbons (Fsp3) is 0.711. The number of carbonyl (C=O) groups excluding carboxylic acids is 12. The molecule has 618 valence electrons. The van der Waals surface area contributed by atoms with Gasteiger partial charge in [0, 0.05) is 102 Å². The monoisotopic (exact) mass is 1520 g/mol. The maximum Gasteiger partial charge on any atom is 0.311 e. The third-order valence-corrected chi connectivity index (χ3v) is 15.2. The van der Waals surface area contributed by atoms with Crippen LogP contribution in [-0.4, -0.2) is 216 Å². The average Bonchev–Trinajstić information content (AvgIpc) is 0.952. The Balaban J connectivity index is -0.000000286. The van der Waals surface area contributed by atoms with E-state index in [2.05, 4.69) is 39.5 Å². The van der Waals surface area contributed by atoms with E-state index in [0.717, 1.165) is 83.5 Å². The normalized spacial score (nSPS) is 10.5. The Labute approximate surface area is 647 Å². The lowest BCUT2D eigenvalue weighted by atomic mass is 9.97. The van der Waals surface area contributed by atoms with Gasteiger partial charge in [0.25, 0.3) is 0 Å². The Kier molecular flexibility index (Phi) is 70.5. The molecule has 0 unspecified atom stereocenters. The Morgan fingerprint density at radius 3 is 0.766 bits per heavy atom. The Bertz CT molecular complexity index is 2570. The first kappa shape index (κ1) is 110. The van der Waals surface area contributed by atoms with Crippen LogP contribution in [0.2, 0.25) is 0 Å². The van der Waals surface area contributed by atoms with Gasteiger partial charge in [-0.1, -0.05) is 81.0 Å². The lowest BCUT2D eigenvalue weighted by Gasteiger charge is -2.25. The van der Waals surface area contributed by atoms with Crippen LogP contribution >= 0.6 is 0 Å². The van der Waals surface area contributed by atoms with E-state index in [0.29, 0.717) is 104 Å². The quantitative estimate of drug-likeness (QED) is 0.0237. The van der Waals surface area contributed by atoms with Crippen molar-refractivity contribution in [2.45, 2.75) is 291 Å². The van der Waals surface area contributed by atoms with Gasteiger partial charge in [-0.3, -0.25) is 57.5 Å². The SMILES string of the molecule is C=CC(=O)N(CCCCOC(=O)C(C)(C)C)C(C)C.C=CC(=O)N(CCCCOC(=O)C(C)C)C(C)C.C=CC(=O)N(CCCCOC(=O)CC(C)C)C(C)C.C=CC(=O)N(CCCCOC(=O)CC)C(C)C.C=CC(=O)N(CCCCOC(=O)CCC)C(C)C.C=CC(=O)N(CCCCOC(C)=O)C(C)C. The van der Waals surface area contributed by atoms with Crippen LogP contribution in [0, 0.1) is 17.3 Å². The van der Waals surface area contributed by atoms with Crippen LogP contribution in [0.4, 0.5) is 0 Å². The van der Waals surface area contributed by atoms with Gasteiger partial charge in [0.2, 0.25) is 35.4 Å². The highest BCUT2D eigenvalue weighted by Gasteiger charge is 2.24. The van der Waals surface area contributed by atoms with Gasteiger partial charge in [0.1, 0.15) is 0 Å². The molecular weight excluding hydrogens is 1370 g/mol. The van der Waals surface area contributed by atoms with E-state index in [1.165, 1.54) is 43.4 Å². The smallest absolute Gasteiger partial charge is 0.311 e. The summed E-state index contributed by atoms with van der Waals surface area (Å²) < 4.78 is 30.2. The van der Waals surface area contributed by atoms with E-state index in [1.54, 1.807) is 36.3 Å². The van der Waals surface area contributed by atoms with E-state index in [9.17, 15) is 57.5 Å². The molecule has 0 N–H and O–H groups in total. The Morgan fingerprint density at radius 2 is 0.561 bits per heavy atom. The average molecular weight is 1520 g/mol. The van der Waals surface area contributed by atoms with Crippen molar-refractivity contribution >= 4 is 71.3 Å². The van der Waals surface area contributed by atoms with Crippen LogP contribution in [0.3, 0.4) is 0 Å². The number of rotatable bonds is 48. The third kappa shape index (κ3) is 63.9. The highest BCUT2D eigenvalue weighted by Crippen LogP contribution is 2.16. The predicted octanol–water partition coefficient (Wildman–Crippen LogP) is 14.4. The van der Waals surface area contributed by atoms with Crippen molar-refractivity contribution in [3.8, 4) is 0 Å². The summed E-state index contributed by atoms with van der Waals surface area (Å²) in [5.41, 5.74) is -0.456. The number of hydrogen-bond acceptors (Lipinski definition) is 18. The van der Waals surface area contributed by atoms with Gasteiger partial charge in [-0.05, 0) is 230 Å². The standard InChI is InChI=1S/2C15H27NO3.2C14H25NO3.C13H23NO3.C12H21NO3/c1-7-13(17)16(12(2)3)10-8-9-11-19-14(18)15(4,5)6;1-6-14(17)16(13(4)5)9-7-8-10-19-15(18)11-12(2)3;1-6-13(16)15(12(4)5)9-7-8-10-18-14(17)11(2)3;1-5-9-14(17)18-11-8-7-10-15(12(3)4)13(16)6-2;1-5-12(15)14(11(3)4)9-7-8-10-17-13(16)6-2;1-5-12(15)13(10(2)3)8-6-7-9-16-11(4)14/h7,12H,1,8-11H2,2-6H3;6,12-13H,1,7-11H2,2-5H3;6,11-12H,1,7-10H2,2-5H3;6,12H,2,5,7-11H2,1,3-4H3;5,11H,1,6-10H2,2-4H3;5,10H,1,6-9H2,2-4H3. The Hall–Kier alpha value is -7.92. The molecule has 0 atom stereocenters. The van der Waals surface area contributed by atoms with Gasteiger partial charge in [0.15, 0.2) is 0 Å². The maximum atomic E-state index is 11.6. The van der Waals surface area contributed by atoms with Crippen molar-refractivity contribution in [2.75, 3.05) is 78.9 Å². The first-order valence-corrected chi connectivity index (χ1v) is 38.5. The van der Waals surface area contributed by atoms with E-state index >= 15 is 0 Å². The van der Waals surface area contributed by atoms with Crippen LogP contribution in [0.25, 0.3) is 0 Å². The summed E-state index contributed by atoms with van der Waals surface area (Å²) in [7, 11) is 0. The second-order valence-electron chi connectivity index (χ2n) is 28.6. The van der Waals surface area contributed by atoms with Crippen molar-refractivity contribution in [1.82, 2.24) is 29.4 Å². The molecular formula is C83H148N6O18. The van der Waals surface area contributed by atoms with Gasteiger partial charge >= 0.3 is 35.8 Å². The highest BCUT2D eigenvalue weighted by atomic mass is 16.6. The van der Waals surface area contributed by atoms with Crippen LogP contribution in [-0.2, 0) is 86.0 Å². The number of nitrogens with zero attached hydrogens (tertiary/aromatic N) is 6. The minimum absolute atomic E-state index is 0.0482. The molecule has 24 heteroatoms. The van der Waals surface area contributed by atoms with Gasteiger partial charge in [-0.2, -0.15) is 0 Å². The lowest BCUT2D eigenvalue weighted by molar-refractivity contribution is -0.153. The molecule has 0 saturated carbocycles. The summed E-state index contributed by atoms with van der Waals surface area (Å²) in [6.07, 6.45) is 19.7. The minimum Gasteiger partial charge on any atom is -0.466 e. The lowest BCUT2D eigenvalue weighted by Crippen LogP contribution is -2.36. The summed E-state index contributed by atoms with van der Waals surface area (Å²) in [5, 5.41) is 0. The van der Waals surface area contributed by atoms with Gasteiger partial charge < -0.3 is 57.8 Å². The van der Waals surface area contributed by atoms with Crippen molar-refractivity contribution in [3.63, 3.8) is 0 Å². The van der Waals surface area contributed by atoms with Gasteiger partial charge in [0.05, 0.1) is 51.0 Å². The zero-order valence-corrected chi connectivity index (χ0v) is 70.7. The Morgan fingerprint density at radius 1 is 0.327 bits per heavy atom. The number of carbonyl (C=O) groups is 12. The summed E-state index contributed by atoms with van der Waals surface area (Å²) in [4.78, 5) is 146. The first-order chi connectivity index (χ1) is 50.0. The topological polar surface area (TPSA) is 280 Å². The molecule has 24 nitrogen and oxygen atoms in total. The number of ether oxygens (including phenoxy) is 6. The largest absolute Gasteiger partial charge is 0.466 e. The fourth-order valence-electron chi connectivity index (χ4n) is 9.01. The molecule has 0 aliphatic heterocycles. The van der Waals surface area contributed by atoms with Crippen LogP contribution in [0.1, 0.15) is 255 Å². The van der Waals surface area contributed by atoms with Crippen LogP contribution in [0.15, 0.2) is 75.9 Å². The van der Waals surface area contributed by atoms with Crippen LogP contribution in [0.5, 0.6) is 0 Å². The number of amides is 6. The molecule has 0 aromatic heterocycles. The zero-order chi connectivity index (χ0) is 83.8. The number of hydrogen-bond donors (Lipinski definition) is 0. The molecule has 0 bridgehead atoms. The summed E-state index contributed by atoms with van der Waals surface area (Å²) in [6.45, 7) is 69.4. The molecule has 0 fully saturated rings. The van der Waals surface area contributed by atoms with E-state index in [-0.39, 0.29) is 113 Å². The molecule has 0 aliphatic rings. The minimum atomic E-state index is -0.456. The van der Waals surface area contributed by atoms with E-state index < -0.39 is 5.41 Å². The number of unbranched alkanes of at least 4 members (excludes halogenated alkanes) is 6. The molecule has 107 heavy (non-hydrogen) atoms. The van der Waals surface area contributed by atoms with Crippen molar-refractivity contribution in [1.29, 1.82) is 0 Å². The first-order valence-electron chi connectivity index (χ1n) is 38.5. The van der Waals surface area contributed by atoms with Gasteiger partial charge in [-0.25, -0.2) is 0 Å². The number of esters is 6. The molecule has 0 rings (SSSR count). The molecule has 0 aromatic rings. The molecule has 0 saturated heterocycles. The van der Waals surface area contributed by atoms with Crippen molar-refractivity contribution < 1.29 is 86.0 Å². The molecule has 0 radical (unpaired) electrons. The summed E-state index contributed by atoms with van der Waals surface area (Å²) >= 11 is 0. The zero-order valence-electron chi connectivity index (χ0n) is 70.7. The summed E-state index contributed by atoms with van der Waals surface area (Å²) in [6, 6.07) is 0.974. The molecule has 0 heterocycles. The van der Waals surface area contributed by atoms with Gasteiger partial charge in [-0.15, -0.1) is 0 Å². The molecule has 6 amide bonds. The van der Waals surface area contributed by atoms with Crippen molar-refractivity contribution in [2.24, 2.45) is 17.3 Å². The second-order valence-corrected chi connectivity index (χ2v) is 28.6. The fourth-order valence-corrected chi connectivity index (χ4v) is 9.01. The molecule has 0 aliphatic carbocycles. The van der Waals surface area contributed by atoms with E-state index in [4.69, 9.17) is 28.4 Å². The summed E-state index contributed by atoms with van der Waals surface area (Å²) in [5.74, 6) is -1.13. The third-order valence-electron chi connectivity index (χ3n) is 15.2. The second kappa shape index (κ2) is 68.6. The molecule has 0 aromatic carbocycles. The highest BCUT2D eigenvalue weighted by molar-refractivity contribution is 5.89. The maximum absolute atomic E-state index is 11.6. The van der Waals surface area contributed by atoms with Crippen LogP contribution < -0.4 is 0 Å².